The average Bonchev–Trinajstić information content (AvgIpc) is 1.75. The molecular weight excluding hydrogens is 1520 g/mol. The zero-order chi connectivity index (χ0) is 84.7. The summed E-state index contributed by atoms with van der Waals surface area (Å²) in [6.07, 6.45) is 13.1. The van der Waals surface area contributed by atoms with Crippen LogP contribution in [0.3, 0.4) is 0 Å². The Balaban J connectivity index is 0.000000141. The van der Waals surface area contributed by atoms with E-state index in [2.05, 4.69) is 91.8 Å². The lowest BCUT2D eigenvalue weighted by Gasteiger charge is -2.21. The molecule has 4 N–H and O–H groups in total. The summed E-state index contributed by atoms with van der Waals surface area (Å²) in [6.45, 7) is 17.2. The van der Waals surface area contributed by atoms with Crippen LogP contribution in [-0.4, -0.2) is 103 Å². The number of amides is 3. The fourth-order valence-electron chi connectivity index (χ4n) is 14.6. The number of carbonyl (C=O) groups excluding carboxylic acids is 3. The van der Waals surface area contributed by atoms with Gasteiger partial charge in [-0.1, -0.05) is 127 Å². The highest BCUT2D eigenvalue weighted by atomic mass is 16.5. The molecule has 0 aliphatic rings. The van der Waals surface area contributed by atoms with Crippen molar-refractivity contribution in [1.29, 1.82) is 0 Å². The van der Waals surface area contributed by atoms with Crippen molar-refractivity contribution in [2.75, 3.05) is 6.61 Å². The Kier molecular flexibility index (Phi) is 23.1. The van der Waals surface area contributed by atoms with Crippen LogP contribution in [0.15, 0.2) is 263 Å². The summed E-state index contributed by atoms with van der Waals surface area (Å²) >= 11 is 0. The van der Waals surface area contributed by atoms with Crippen molar-refractivity contribution < 1.29 is 19.1 Å². The van der Waals surface area contributed by atoms with E-state index in [-0.39, 0.29) is 46.1 Å². The van der Waals surface area contributed by atoms with E-state index < -0.39 is 18.1 Å². The zero-order valence-electron chi connectivity index (χ0n) is 67.6. The maximum atomic E-state index is 14.2. The third-order valence-corrected chi connectivity index (χ3v) is 20.6. The minimum atomic E-state index is -0.547. The molecule has 121 heavy (non-hydrogen) atoms. The molecule has 17 rings (SSSR count). The van der Waals surface area contributed by atoms with Crippen LogP contribution in [0.4, 0.5) is 0 Å². The average molecular weight is 1600 g/mol. The molecule has 4 atom stereocenters. The number of fused-ring (bicyclic) bond motifs is 6. The molecule has 26 nitrogen and oxygen atoms in total. The zero-order valence-corrected chi connectivity index (χ0v) is 67.6. The number of rotatable bonds is 14. The van der Waals surface area contributed by atoms with Crippen LogP contribution in [0.1, 0.15) is 151 Å². The molecule has 1 unspecified atom stereocenters. The number of nitrogens with one attached hydrogen (secondary N) is 4. The number of aryl methyl sites for hydroxylation is 4. The van der Waals surface area contributed by atoms with Crippen molar-refractivity contribution in [1.82, 2.24) is 88.2 Å². The quantitative estimate of drug-likeness (QED) is 0.0736. The number of hydrogen-bond donors (Lipinski definition) is 4. The number of H-pyrrole nitrogens is 1. The molecule has 0 saturated carbocycles. The Labute approximate surface area is 692 Å². The van der Waals surface area contributed by atoms with Crippen LogP contribution in [-0.2, 0) is 11.8 Å². The number of hydrogen-bond acceptors (Lipinski definition) is 15. The molecule has 0 spiro atoms. The van der Waals surface area contributed by atoms with E-state index >= 15 is 0 Å². The van der Waals surface area contributed by atoms with Gasteiger partial charge in [0.05, 0.1) is 68.8 Å². The largest absolute Gasteiger partial charge is 0.366 e. The normalized spacial score (nSPS) is 12.0. The molecule has 0 fully saturated rings. The molecular formula is C95H80N18O8. The van der Waals surface area contributed by atoms with Crippen LogP contribution in [0.5, 0.6) is 0 Å². The van der Waals surface area contributed by atoms with Crippen LogP contribution < -0.4 is 38.2 Å². The predicted octanol–water partition coefficient (Wildman–Crippen LogP) is 12.8. The highest BCUT2D eigenvalue weighted by molar-refractivity contribution is 6.03. The summed E-state index contributed by atoms with van der Waals surface area (Å²) in [5.74, 6) is 17.8. The lowest BCUT2D eigenvalue weighted by Crippen LogP contribution is -2.32. The lowest BCUT2D eigenvalue weighted by atomic mass is 10.0. The third-order valence-electron chi connectivity index (χ3n) is 20.6. The van der Waals surface area contributed by atoms with Gasteiger partial charge in [0, 0.05) is 119 Å². The first-order valence-electron chi connectivity index (χ1n) is 39.0. The van der Waals surface area contributed by atoms with Gasteiger partial charge >= 0.3 is 0 Å². The van der Waals surface area contributed by atoms with Gasteiger partial charge in [0.1, 0.15) is 22.8 Å². The molecule has 0 saturated heterocycles. The predicted molar refractivity (Wildman–Crippen MR) is 464 cm³/mol. The monoisotopic (exact) mass is 1600 g/mol. The van der Waals surface area contributed by atoms with Crippen LogP contribution >= 0.6 is 0 Å². The van der Waals surface area contributed by atoms with E-state index in [9.17, 15) is 33.6 Å². The molecule has 0 radical (unpaired) electrons. The summed E-state index contributed by atoms with van der Waals surface area (Å²) in [4.78, 5) is 110. The molecule has 11 aromatic heterocycles. The first-order chi connectivity index (χ1) is 58.6. The van der Waals surface area contributed by atoms with Crippen molar-refractivity contribution in [3.8, 4) is 52.6 Å². The Morgan fingerprint density at radius 3 is 1.15 bits per heavy atom. The van der Waals surface area contributed by atoms with E-state index in [4.69, 9.17) is 4.74 Å². The van der Waals surface area contributed by atoms with Gasteiger partial charge in [-0.15, -0.1) is 0 Å². The number of para-hydroxylation sites is 3. The smallest absolute Gasteiger partial charge is 0.264 e. The first-order valence-corrected chi connectivity index (χ1v) is 39.0. The SMILES string of the molecule is CCOC(C)C#Cc1cccc2cc([C@H](C)NC(=O)c3c(C)nn4cccnc34)n(-c3ccccc3)c(=O)c12.Cc1nn2cccnc2c1C(=O)N[C@@H](C)c1cc2cccc(C#Cc3ccc(=O)[nH]c3)c2c(=O)n1-c1ccccc1.Cc1nn2cccnc2c1C(=O)N[C@@H](C)c1cc2cccc(C#Cc3cnn(C)c3C)c2c(=O)n1-c1ccccc1. The van der Waals surface area contributed by atoms with Crippen molar-refractivity contribution in [2.24, 2.45) is 7.05 Å². The number of aromatic nitrogens is 15. The molecule has 11 heterocycles. The van der Waals surface area contributed by atoms with Gasteiger partial charge in [-0.2, -0.15) is 20.4 Å². The standard InChI is InChI=1S/C32H27N7O2.C32H24N6O3.C31H29N5O3/c1-20(35-31(40)28-21(2)36-38-17-9-16-33-30(28)38)27-18-24-11-8-10-23(14-15-25-19-34-37(4)22(25)3)29(24)32(41)39(27)26-12-6-5-7-13-26;1-20(35-31(40)28-21(2)36-37-17-7-16-33-30(28)37)26-18-24-9-6-8-23(14-12-22-13-15-27(39)34-19-22)29(24)32(41)38(26)25-10-4-3-5-11-25;1-5-39-20(2)15-16-23-11-9-12-24-19-26(36(31(38)28(23)24)25-13-7-6-8-14-25)21(3)33-30(37)27-22(4)34-35-18-10-17-32-29(27)35/h5-13,16-20H,1-4H3,(H,35,40);3-11,13,15-20H,1-2H3,(H,34,39)(H,35,40);6-14,17-21H,5H2,1-4H3,(H,33,37)/t2*20-;20?,21-/m000/s1. The molecule has 598 valence electrons. The van der Waals surface area contributed by atoms with Crippen molar-refractivity contribution in [3.05, 3.63) is 369 Å². The summed E-state index contributed by atoms with van der Waals surface area (Å²) in [5, 5.41) is 30.3. The van der Waals surface area contributed by atoms with Crippen LogP contribution in [0, 0.1) is 63.2 Å². The molecule has 6 aromatic carbocycles. The van der Waals surface area contributed by atoms with Crippen molar-refractivity contribution in [3.63, 3.8) is 0 Å². The Bertz CT molecular complexity index is 7370. The number of aromatic amines is 1. The lowest BCUT2D eigenvalue weighted by molar-refractivity contribution is 0.0931. The minimum absolute atomic E-state index is 0.211. The summed E-state index contributed by atoms with van der Waals surface area (Å²) in [7, 11) is 1.87. The highest BCUT2D eigenvalue weighted by Crippen LogP contribution is 2.30. The number of ether oxygens (including phenoxy) is 1. The molecule has 0 aliphatic carbocycles. The highest BCUT2D eigenvalue weighted by Gasteiger charge is 2.28. The van der Waals surface area contributed by atoms with Crippen molar-refractivity contribution >= 4 is 67.0 Å². The number of nitrogens with zero attached hydrogens (tertiary/aromatic N) is 14. The molecule has 3 amide bonds. The molecule has 26 heteroatoms. The second kappa shape index (κ2) is 34.8. The van der Waals surface area contributed by atoms with E-state index in [1.165, 1.54) is 12.3 Å². The Morgan fingerprint density at radius 2 is 0.802 bits per heavy atom. The van der Waals surface area contributed by atoms with Gasteiger partial charge in [-0.25, -0.2) is 28.5 Å². The molecule has 0 bridgehead atoms. The van der Waals surface area contributed by atoms with Crippen LogP contribution in [0.25, 0.3) is 66.3 Å². The van der Waals surface area contributed by atoms with Gasteiger partial charge in [0.25, 0.3) is 34.4 Å². The minimum Gasteiger partial charge on any atom is -0.366 e. The molecule has 17 aromatic rings. The van der Waals surface area contributed by atoms with Gasteiger partial charge < -0.3 is 25.7 Å². The van der Waals surface area contributed by atoms with Crippen LogP contribution in [0.2, 0.25) is 0 Å². The first kappa shape index (κ1) is 80.2. The fraction of sp³-hybridized carbons (Fsp3) is 0.158. The second-order valence-electron chi connectivity index (χ2n) is 28.7. The number of carbonyl (C=O) groups is 3. The Morgan fingerprint density at radius 1 is 0.438 bits per heavy atom. The van der Waals surface area contributed by atoms with Gasteiger partial charge in [0.15, 0.2) is 16.9 Å². The van der Waals surface area contributed by atoms with E-state index in [1.54, 1.807) is 126 Å². The summed E-state index contributed by atoms with van der Waals surface area (Å²) in [5.41, 5.74) is 11.5. The summed E-state index contributed by atoms with van der Waals surface area (Å²) < 4.78 is 17.0. The Hall–Kier alpha value is -16.0. The van der Waals surface area contributed by atoms with Crippen molar-refractivity contribution in [2.45, 2.75) is 86.5 Å². The van der Waals surface area contributed by atoms with E-state index in [1.807, 2.05) is 206 Å². The van der Waals surface area contributed by atoms with E-state index in [0.29, 0.717) is 135 Å². The maximum absolute atomic E-state index is 14.2. The van der Waals surface area contributed by atoms with E-state index in [0.717, 1.165) is 22.0 Å². The van der Waals surface area contributed by atoms with Gasteiger partial charge in [0.2, 0.25) is 5.56 Å². The number of pyridine rings is 4. The third kappa shape index (κ3) is 16.5. The van der Waals surface area contributed by atoms with Gasteiger partial charge in [-0.3, -0.25) is 51.9 Å². The maximum Gasteiger partial charge on any atom is 0.264 e. The summed E-state index contributed by atoms with van der Waals surface area (Å²) in [6, 6.07) is 57.3. The molecule has 0 aliphatic heterocycles. The topological polar surface area (TPSA) is 304 Å². The second-order valence-corrected chi connectivity index (χ2v) is 28.7. The number of benzene rings is 6. The van der Waals surface area contributed by atoms with Gasteiger partial charge in [-0.05, 0) is 176 Å². The fourth-order valence-corrected chi connectivity index (χ4v) is 14.6.